The molecule has 1 aliphatic carbocycles. The van der Waals surface area contributed by atoms with Gasteiger partial charge < -0.3 is 14.6 Å². The summed E-state index contributed by atoms with van der Waals surface area (Å²) in [6.07, 6.45) is 3.14. The number of hydrogen-bond donors (Lipinski definition) is 1. The molecule has 1 heterocycles. The fraction of sp³-hybridized carbons (Fsp3) is 0.818. The fourth-order valence-electron chi connectivity index (χ4n) is 2.01. The van der Waals surface area contributed by atoms with E-state index in [4.69, 9.17) is 9.26 Å². The van der Waals surface area contributed by atoms with Crippen molar-refractivity contribution in [2.24, 2.45) is 0 Å². The molecule has 1 N–H and O–H groups in total. The van der Waals surface area contributed by atoms with Crippen LogP contribution in [0.1, 0.15) is 50.9 Å². The van der Waals surface area contributed by atoms with Crippen molar-refractivity contribution in [3.63, 3.8) is 0 Å². The second-order valence-corrected chi connectivity index (χ2v) is 4.29. The lowest BCUT2D eigenvalue weighted by molar-refractivity contribution is -0.0858. The summed E-state index contributed by atoms with van der Waals surface area (Å²) in [5.74, 6) is 1.33. The molecule has 1 saturated carbocycles. The summed E-state index contributed by atoms with van der Waals surface area (Å²) in [5, 5.41) is 7.28. The molecule has 0 aliphatic heterocycles. The molecule has 0 bridgehead atoms. The van der Waals surface area contributed by atoms with E-state index in [-0.39, 0.29) is 11.6 Å². The standard InChI is InChI=1S/C11H19N3O2/c1-4-12-8(2)9-13-10(14-16-9)11(15-3)6-5-7-11/h8,12H,4-7H2,1-3H3. The van der Waals surface area contributed by atoms with Crippen LogP contribution in [0.15, 0.2) is 4.52 Å². The molecule has 1 aliphatic rings. The smallest absolute Gasteiger partial charge is 0.243 e. The maximum atomic E-state index is 5.51. The lowest BCUT2D eigenvalue weighted by atomic mass is 9.79. The van der Waals surface area contributed by atoms with Crippen molar-refractivity contribution in [3.05, 3.63) is 11.7 Å². The predicted octanol–water partition coefficient (Wildman–Crippen LogP) is 1.77. The number of aromatic nitrogens is 2. The van der Waals surface area contributed by atoms with E-state index in [0.717, 1.165) is 19.4 Å². The molecule has 1 atom stereocenters. The molecule has 5 nitrogen and oxygen atoms in total. The monoisotopic (exact) mass is 225 g/mol. The van der Waals surface area contributed by atoms with Gasteiger partial charge in [0.25, 0.3) is 0 Å². The quantitative estimate of drug-likeness (QED) is 0.827. The molecule has 5 heteroatoms. The summed E-state index contributed by atoms with van der Waals surface area (Å²) < 4.78 is 10.8. The van der Waals surface area contributed by atoms with Gasteiger partial charge in [-0.15, -0.1) is 0 Å². The van der Waals surface area contributed by atoms with E-state index in [1.165, 1.54) is 6.42 Å². The van der Waals surface area contributed by atoms with Gasteiger partial charge in [-0.05, 0) is 32.7 Å². The Balaban J connectivity index is 2.12. The zero-order valence-corrected chi connectivity index (χ0v) is 10.1. The van der Waals surface area contributed by atoms with Crippen molar-refractivity contribution in [1.29, 1.82) is 0 Å². The fourth-order valence-corrected chi connectivity index (χ4v) is 2.01. The molecule has 1 unspecified atom stereocenters. The first-order valence-corrected chi connectivity index (χ1v) is 5.84. The van der Waals surface area contributed by atoms with E-state index >= 15 is 0 Å². The van der Waals surface area contributed by atoms with Gasteiger partial charge in [0.2, 0.25) is 11.7 Å². The first-order chi connectivity index (χ1) is 7.72. The summed E-state index contributed by atoms with van der Waals surface area (Å²) in [6.45, 7) is 4.95. The average molecular weight is 225 g/mol. The summed E-state index contributed by atoms with van der Waals surface area (Å²) in [6, 6.07) is 0.0974. The third-order valence-electron chi connectivity index (χ3n) is 3.28. The van der Waals surface area contributed by atoms with E-state index in [1.807, 2.05) is 6.92 Å². The molecule has 90 valence electrons. The van der Waals surface area contributed by atoms with Gasteiger partial charge in [-0.2, -0.15) is 4.98 Å². The van der Waals surface area contributed by atoms with Crippen LogP contribution in [-0.4, -0.2) is 23.8 Å². The van der Waals surface area contributed by atoms with Crippen molar-refractivity contribution in [2.75, 3.05) is 13.7 Å². The average Bonchev–Trinajstić information content (AvgIpc) is 2.67. The number of hydrogen-bond acceptors (Lipinski definition) is 5. The van der Waals surface area contributed by atoms with Crippen molar-refractivity contribution >= 4 is 0 Å². The van der Waals surface area contributed by atoms with Gasteiger partial charge in [-0.3, -0.25) is 0 Å². The van der Waals surface area contributed by atoms with Crippen molar-refractivity contribution in [1.82, 2.24) is 15.5 Å². The summed E-state index contributed by atoms with van der Waals surface area (Å²) in [7, 11) is 1.71. The molecular formula is C11H19N3O2. The van der Waals surface area contributed by atoms with Crippen LogP contribution in [0.3, 0.4) is 0 Å². The van der Waals surface area contributed by atoms with E-state index in [9.17, 15) is 0 Å². The number of rotatable bonds is 5. The highest BCUT2D eigenvalue weighted by Crippen LogP contribution is 2.42. The van der Waals surface area contributed by atoms with Crippen LogP contribution < -0.4 is 5.32 Å². The molecule has 0 spiro atoms. The lowest BCUT2D eigenvalue weighted by Crippen LogP contribution is -2.37. The van der Waals surface area contributed by atoms with Gasteiger partial charge in [0.15, 0.2) is 0 Å². The van der Waals surface area contributed by atoms with Gasteiger partial charge in [0.05, 0.1) is 6.04 Å². The van der Waals surface area contributed by atoms with Gasteiger partial charge in [-0.1, -0.05) is 12.1 Å². The number of nitrogens with zero attached hydrogens (tertiary/aromatic N) is 2. The van der Waals surface area contributed by atoms with Crippen LogP contribution in [0.5, 0.6) is 0 Å². The molecule has 1 aromatic heterocycles. The highest BCUT2D eigenvalue weighted by Gasteiger charge is 2.43. The molecule has 1 aromatic rings. The Morgan fingerprint density at radius 3 is 2.81 bits per heavy atom. The second kappa shape index (κ2) is 4.51. The van der Waals surface area contributed by atoms with Crippen LogP contribution in [0.2, 0.25) is 0 Å². The molecular weight excluding hydrogens is 206 g/mol. The normalized spacial score (nSPS) is 20.4. The van der Waals surface area contributed by atoms with Crippen LogP contribution in [0.4, 0.5) is 0 Å². The Morgan fingerprint density at radius 1 is 1.56 bits per heavy atom. The lowest BCUT2D eigenvalue weighted by Gasteiger charge is -2.37. The van der Waals surface area contributed by atoms with Gasteiger partial charge >= 0.3 is 0 Å². The van der Waals surface area contributed by atoms with Gasteiger partial charge in [0.1, 0.15) is 5.60 Å². The molecule has 0 saturated heterocycles. The Labute approximate surface area is 95.6 Å². The second-order valence-electron chi connectivity index (χ2n) is 4.29. The van der Waals surface area contributed by atoms with Crippen LogP contribution in [0, 0.1) is 0 Å². The minimum atomic E-state index is -0.284. The molecule has 0 radical (unpaired) electrons. The van der Waals surface area contributed by atoms with Crippen molar-refractivity contribution in [2.45, 2.75) is 44.8 Å². The van der Waals surface area contributed by atoms with Crippen molar-refractivity contribution in [3.8, 4) is 0 Å². The molecule has 0 aromatic carbocycles. The first-order valence-electron chi connectivity index (χ1n) is 5.84. The highest BCUT2D eigenvalue weighted by molar-refractivity contribution is 5.07. The Hall–Kier alpha value is -0.940. The Kier molecular flexibility index (Phi) is 3.25. The zero-order chi connectivity index (χ0) is 11.6. The Morgan fingerprint density at radius 2 is 2.31 bits per heavy atom. The zero-order valence-electron chi connectivity index (χ0n) is 10.1. The number of methoxy groups -OCH3 is 1. The SMILES string of the molecule is CCNC(C)c1nc(C2(OC)CCC2)no1. The van der Waals surface area contributed by atoms with Crippen LogP contribution in [0.25, 0.3) is 0 Å². The predicted molar refractivity (Wildman–Crippen MR) is 58.9 cm³/mol. The summed E-state index contributed by atoms with van der Waals surface area (Å²) in [4.78, 5) is 4.43. The molecule has 16 heavy (non-hydrogen) atoms. The van der Waals surface area contributed by atoms with Crippen LogP contribution >= 0.6 is 0 Å². The number of ether oxygens (including phenoxy) is 1. The van der Waals surface area contributed by atoms with E-state index in [1.54, 1.807) is 7.11 Å². The van der Waals surface area contributed by atoms with E-state index in [2.05, 4.69) is 22.4 Å². The maximum Gasteiger partial charge on any atom is 0.243 e. The summed E-state index contributed by atoms with van der Waals surface area (Å²) in [5.41, 5.74) is -0.284. The highest BCUT2D eigenvalue weighted by atomic mass is 16.5. The van der Waals surface area contributed by atoms with Crippen molar-refractivity contribution < 1.29 is 9.26 Å². The third-order valence-corrected chi connectivity index (χ3v) is 3.28. The van der Waals surface area contributed by atoms with Gasteiger partial charge in [0, 0.05) is 7.11 Å². The minimum absolute atomic E-state index is 0.0974. The largest absolute Gasteiger partial charge is 0.370 e. The molecule has 2 rings (SSSR count). The third kappa shape index (κ3) is 1.85. The van der Waals surface area contributed by atoms with E-state index < -0.39 is 0 Å². The minimum Gasteiger partial charge on any atom is -0.370 e. The van der Waals surface area contributed by atoms with E-state index in [0.29, 0.717) is 11.7 Å². The molecule has 0 amide bonds. The molecule has 1 fully saturated rings. The number of nitrogens with one attached hydrogen (secondary N) is 1. The summed E-state index contributed by atoms with van der Waals surface area (Å²) >= 11 is 0. The maximum absolute atomic E-state index is 5.51. The van der Waals surface area contributed by atoms with Crippen LogP contribution in [-0.2, 0) is 10.3 Å². The first kappa shape index (κ1) is 11.5. The Bertz CT molecular complexity index is 341. The topological polar surface area (TPSA) is 60.2 Å². The van der Waals surface area contributed by atoms with Gasteiger partial charge in [-0.25, -0.2) is 0 Å².